The molecule has 0 amide bonds. The molecule has 0 aliphatic rings. The normalized spacial score (nSPS) is 14.0. The third-order valence-electron chi connectivity index (χ3n) is 2.01. The van der Waals surface area contributed by atoms with Gasteiger partial charge in [-0.25, -0.2) is 0 Å². The van der Waals surface area contributed by atoms with Crippen molar-refractivity contribution in [1.82, 2.24) is 0 Å². The quantitative estimate of drug-likeness (QED) is 0.665. The van der Waals surface area contributed by atoms with Gasteiger partial charge in [-0.3, -0.25) is 0 Å². The summed E-state index contributed by atoms with van der Waals surface area (Å²) in [6.07, 6.45) is 6.67. The van der Waals surface area contributed by atoms with Crippen molar-refractivity contribution in [2.75, 3.05) is 13.2 Å². The molecule has 0 spiro atoms. The lowest BCUT2D eigenvalue weighted by Crippen LogP contribution is -2.13. The average Bonchev–Trinajstić information content (AvgIpc) is 2.17. The number of aliphatic hydroxyl groups excluding tert-OH is 2. The number of hydrogen-bond donors (Lipinski definition) is 2. The van der Waals surface area contributed by atoms with Gasteiger partial charge in [0.2, 0.25) is 0 Å². The molecule has 0 saturated carbocycles. The molecule has 0 aromatic rings. The first-order valence-corrected chi connectivity index (χ1v) is 5.05. The Labute approximate surface area is 92.1 Å². The molecule has 0 atom stereocenters. The van der Waals surface area contributed by atoms with Gasteiger partial charge in [-0.05, 0) is 12.2 Å². The lowest BCUT2D eigenvalue weighted by atomic mass is 9.95. The topological polar surface area (TPSA) is 49.7 Å². The molecule has 3 heteroatoms. The monoisotopic (exact) mass is 214 g/mol. The number of hydrogen-bond acceptors (Lipinski definition) is 3. The summed E-state index contributed by atoms with van der Waals surface area (Å²) in [5.41, 5.74) is -0.527. The Morgan fingerprint density at radius 2 is 1.20 bits per heavy atom. The maximum absolute atomic E-state index is 8.96. The van der Waals surface area contributed by atoms with Crippen molar-refractivity contribution in [3.8, 4) is 0 Å². The Bertz CT molecular complexity index is 203. The van der Waals surface area contributed by atoms with Crippen LogP contribution in [0.15, 0.2) is 24.7 Å². The smallest absolute Gasteiger partial charge is 0.0867 e. The summed E-state index contributed by atoms with van der Waals surface area (Å²) in [6.45, 7) is 7.81. The number of ether oxygens (including phenoxy) is 1. The van der Waals surface area contributed by atoms with E-state index < -0.39 is 0 Å². The van der Waals surface area contributed by atoms with E-state index >= 15 is 0 Å². The predicted octanol–water partition coefficient (Wildman–Crippen LogP) is 2.07. The van der Waals surface area contributed by atoms with Crippen LogP contribution in [0.1, 0.15) is 27.7 Å². The molecule has 0 radical (unpaired) electrons. The minimum Gasteiger partial charge on any atom is -0.473 e. The minimum atomic E-state index is -0.264. The second kappa shape index (κ2) is 5.93. The number of aliphatic hydroxyl groups is 2. The molecule has 0 aromatic heterocycles. The molecule has 0 heterocycles. The second-order valence-corrected chi connectivity index (χ2v) is 5.03. The molecule has 2 N–H and O–H groups in total. The van der Waals surface area contributed by atoms with Crippen molar-refractivity contribution in [1.29, 1.82) is 0 Å². The summed E-state index contributed by atoms with van der Waals surface area (Å²) in [5, 5.41) is 17.9. The van der Waals surface area contributed by atoms with E-state index in [4.69, 9.17) is 14.9 Å². The predicted molar refractivity (Wildman–Crippen MR) is 61.1 cm³/mol. The highest BCUT2D eigenvalue weighted by Gasteiger charge is 2.12. The van der Waals surface area contributed by atoms with Gasteiger partial charge in [-0.15, -0.1) is 0 Å². The van der Waals surface area contributed by atoms with Crippen molar-refractivity contribution in [3.63, 3.8) is 0 Å². The maximum Gasteiger partial charge on any atom is 0.0867 e. The SMILES string of the molecule is CC(C)(C=COC=CC(C)(C)CO)CO. The van der Waals surface area contributed by atoms with Gasteiger partial charge in [-0.2, -0.15) is 0 Å². The van der Waals surface area contributed by atoms with Gasteiger partial charge in [0.05, 0.1) is 25.7 Å². The van der Waals surface area contributed by atoms with E-state index in [9.17, 15) is 0 Å². The Hall–Kier alpha value is -0.800. The summed E-state index contributed by atoms with van der Waals surface area (Å²) in [5.74, 6) is 0. The number of rotatable bonds is 6. The average molecular weight is 214 g/mol. The van der Waals surface area contributed by atoms with E-state index in [1.165, 1.54) is 0 Å². The van der Waals surface area contributed by atoms with Crippen molar-refractivity contribution in [3.05, 3.63) is 24.7 Å². The zero-order valence-corrected chi connectivity index (χ0v) is 10.0. The molecule has 0 aliphatic carbocycles. The van der Waals surface area contributed by atoms with E-state index in [-0.39, 0.29) is 24.0 Å². The molecule has 0 bridgehead atoms. The van der Waals surface area contributed by atoms with Gasteiger partial charge in [0.25, 0.3) is 0 Å². The first kappa shape index (κ1) is 14.2. The van der Waals surface area contributed by atoms with Crippen molar-refractivity contribution < 1.29 is 14.9 Å². The summed E-state index contributed by atoms with van der Waals surface area (Å²) in [7, 11) is 0. The van der Waals surface area contributed by atoms with Gasteiger partial charge in [0, 0.05) is 10.8 Å². The first-order valence-electron chi connectivity index (χ1n) is 5.05. The van der Waals surface area contributed by atoms with E-state index in [2.05, 4.69) is 0 Å². The molecule has 88 valence electrons. The molecule has 15 heavy (non-hydrogen) atoms. The summed E-state index contributed by atoms with van der Waals surface area (Å²) in [4.78, 5) is 0. The van der Waals surface area contributed by atoms with E-state index in [1.807, 2.05) is 27.7 Å². The van der Waals surface area contributed by atoms with Crippen molar-refractivity contribution in [2.24, 2.45) is 10.8 Å². The molecule has 0 saturated heterocycles. The Morgan fingerprint density at radius 3 is 1.47 bits per heavy atom. The largest absolute Gasteiger partial charge is 0.473 e. The van der Waals surface area contributed by atoms with Crippen LogP contribution in [0.25, 0.3) is 0 Å². The molecule has 3 nitrogen and oxygen atoms in total. The van der Waals surface area contributed by atoms with Crippen LogP contribution in [0.5, 0.6) is 0 Å². The zero-order chi connectivity index (χ0) is 11.9. The van der Waals surface area contributed by atoms with E-state index in [0.717, 1.165) is 0 Å². The van der Waals surface area contributed by atoms with Crippen LogP contribution in [0, 0.1) is 10.8 Å². The molecule has 0 rings (SSSR count). The van der Waals surface area contributed by atoms with Crippen LogP contribution in [0.4, 0.5) is 0 Å². The van der Waals surface area contributed by atoms with Crippen LogP contribution in [0.3, 0.4) is 0 Å². The third kappa shape index (κ3) is 7.17. The van der Waals surface area contributed by atoms with Crippen LogP contribution >= 0.6 is 0 Å². The summed E-state index contributed by atoms with van der Waals surface area (Å²) in [6, 6.07) is 0. The molecule has 0 aromatic carbocycles. The third-order valence-corrected chi connectivity index (χ3v) is 2.01. The van der Waals surface area contributed by atoms with Gasteiger partial charge < -0.3 is 14.9 Å². The highest BCUT2D eigenvalue weighted by Crippen LogP contribution is 2.16. The van der Waals surface area contributed by atoms with Crippen LogP contribution in [-0.2, 0) is 4.74 Å². The summed E-state index contributed by atoms with van der Waals surface area (Å²) < 4.78 is 5.13. The van der Waals surface area contributed by atoms with Crippen molar-refractivity contribution in [2.45, 2.75) is 27.7 Å². The standard InChI is InChI=1S/C12H22O3/c1-11(2,9-13)5-7-15-8-6-12(3,4)10-14/h5-8,13-14H,9-10H2,1-4H3. The van der Waals surface area contributed by atoms with Crippen LogP contribution in [0.2, 0.25) is 0 Å². The first-order chi connectivity index (χ1) is 6.83. The Kier molecular flexibility index (Phi) is 5.61. The Balaban J connectivity index is 3.99. The summed E-state index contributed by atoms with van der Waals surface area (Å²) >= 11 is 0. The minimum absolute atomic E-state index is 0.0821. The fraction of sp³-hybridized carbons (Fsp3) is 0.667. The van der Waals surface area contributed by atoms with Crippen LogP contribution < -0.4 is 0 Å². The fourth-order valence-electron chi connectivity index (χ4n) is 0.598. The lowest BCUT2D eigenvalue weighted by Gasteiger charge is -2.16. The van der Waals surface area contributed by atoms with Gasteiger partial charge in [-0.1, -0.05) is 27.7 Å². The van der Waals surface area contributed by atoms with Gasteiger partial charge in [0.1, 0.15) is 0 Å². The maximum atomic E-state index is 8.96. The second-order valence-electron chi connectivity index (χ2n) is 5.03. The van der Waals surface area contributed by atoms with Crippen LogP contribution in [-0.4, -0.2) is 23.4 Å². The zero-order valence-electron chi connectivity index (χ0n) is 10.0. The molecular formula is C12H22O3. The fourth-order valence-corrected chi connectivity index (χ4v) is 0.598. The van der Waals surface area contributed by atoms with Crippen molar-refractivity contribution >= 4 is 0 Å². The van der Waals surface area contributed by atoms with Gasteiger partial charge in [0.15, 0.2) is 0 Å². The Morgan fingerprint density at radius 1 is 0.867 bits per heavy atom. The highest BCUT2D eigenvalue weighted by atomic mass is 16.5. The van der Waals surface area contributed by atoms with E-state index in [1.54, 1.807) is 24.7 Å². The molecule has 0 aliphatic heterocycles. The van der Waals surface area contributed by atoms with Gasteiger partial charge >= 0.3 is 0 Å². The van der Waals surface area contributed by atoms with E-state index in [0.29, 0.717) is 0 Å². The highest BCUT2D eigenvalue weighted by molar-refractivity contribution is 4.94. The molecular weight excluding hydrogens is 192 g/mol. The lowest BCUT2D eigenvalue weighted by molar-refractivity contribution is 0.193. The molecule has 0 fully saturated rings. The molecule has 0 unspecified atom stereocenters.